The van der Waals surface area contributed by atoms with Crippen LogP contribution in [0.2, 0.25) is 0 Å². The third-order valence-corrected chi connectivity index (χ3v) is 2.30. The molecule has 2 rings (SSSR count). The van der Waals surface area contributed by atoms with E-state index in [-0.39, 0.29) is 0 Å². The van der Waals surface area contributed by atoms with E-state index in [9.17, 15) is 27.2 Å². The lowest BCUT2D eigenvalue weighted by Gasteiger charge is -2.05. The molecule has 0 saturated heterocycles. The summed E-state index contributed by atoms with van der Waals surface area (Å²) in [5.41, 5.74) is -3.66. The van der Waals surface area contributed by atoms with Crippen LogP contribution in [0.3, 0.4) is 0 Å². The standard InChI is InChI=1S/C10H3F4NO3/c11-3-1-2-4(10(17)18)6(13)9(16)15-8(2)7(14)5(3)12/h1H,(H,15,16)(H,17,18). The Balaban J connectivity index is 3.12. The van der Waals surface area contributed by atoms with Crippen LogP contribution in [-0.4, -0.2) is 16.1 Å². The smallest absolute Gasteiger partial charge is 0.339 e. The molecule has 4 nitrogen and oxygen atoms in total. The predicted octanol–water partition coefficient (Wildman–Crippen LogP) is 1.78. The second kappa shape index (κ2) is 3.83. The van der Waals surface area contributed by atoms with Crippen molar-refractivity contribution in [1.29, 1.82) is 0 Å². The topological polar surface area (TPSA) is 70.2 Å². The molecule has 94 valence electrons. The lowest BCUT2D eigenvalue weighted by molar-refractivity contribution is 0.0693. The third kappa shape index (κ3) is 1.53. The van der Waals surface area contributed by atoms with Gasteiger partial charge in [0, 0.05) is 5.39 Å². The van der Waals surface area contributed by atoms with Crippen LogP contribution in [0.4, 0.5) is 17.6 Å². The highest BCUT2D eigenvalue weighted by atomic mass is 19.2. The summed E-state index contributed by atoms with van der Waals surface area (Å²) in [6.07, 6.45) is 0. The Morgan fingerprint density at radius 3 is 2.28 bits per heavy atom. The molecule has 0 aliphatic heterocycles. The SMILES string of the molecule is O=C(O)c1c(F)c(=O)[nH]c2c(F)c(F)c(F)cc12. The fourth-order valence-electron chi connectivity index (χ4n) is 1.52. The van der Waals surface area contributed by atoms with Crippen molar-refractivity contribution < 1.29 is 27.5 Å². The molecule has 18 heavy (non-hydrogen) atoms. The zero-order chi connectivity index (χ0) is 13.6. The number of pyridine rings is 1. The number of carboxylic acid groups (broad SMARTS) is 1. The molecule has 0 spiro atoms. The molecule has 0 atom stereocenters. The van der Waals surface area contributed by atoms with E-state index in [2.05, 4.69) is 0 Å². The molecular formula is C10H3F4NO3. The number of halogens is 4. The summed E-state index contributed by atoms with van der Waals surface area (Å²) in [6, 6.07) is 0.302. The first-order valence-electron chi connectivity index (χ1n) is 4.47. The molecule has 1 aromatic carbocycles. The summed E-state index contributed by atoms with van der Waals surface area (Å²) in [5.74, 6) is -8.96. The minimum Gasteiger partial charge on any atom is -0.478 e. The van der Waals surface area contributed by atoms with Crippen LogP contribution in [-0.2, 0) is 0 Å². The van der Waals surface area contributed by atoms with Gasteiger partial charge in [-0.25, -0.2) is 18.0 Å². The Morgan fingerprint density at radius 1 is 1.11 bits per heavy atom. The van der Waals surface area contributed by atoms with Gasteiger partial charge in [-0.1, -0.05) is 0 Å². The van der Waals surface area contributed by atoms with Gasteiger partial charge in [-0.3, -0.25) is 4.79 Å². The number of carbonyl (C=O) groups is 1. The van der Waals surface area contributed by atoms with Gasteiger partial charge < -0.3 is 10.1 Å². The Bertz CT molecular complexity index is 738. The number of hydrogen-bond acceptors (Lipinski definition) is 2. The Morgan fingerprint density at radius 2 is 1.72 bits per heavy atom. The number of hydrogen-bond donors (Lipinski definition) is 2. The quantitative estimate of drug-likeness (QED) is 0.607. The molecule has 1 aromatic heterocycles. The van der Waals surface area contributed by atoms with E-state index in [1.165, 1.54) is 0 Å². The van der Waals surface area contributed by atoms with Gasteiger partial charge in [-0.2, -0.15) is 4.39 Å². The summed E-state index contributed by atoms with van der Waals surface area (Å²) in [4.78, 5) is 23.4. The molecule has 0 saturated carbocycles. The van der Waals surface area contributed by atoms with E-state index in [0.717, 1.165) is 0 Å². The van der Waals surface area contributed by atoms with Gasteiger partial charge in [0.05, 0.1) is 5.52 Å². The van der Waals surface area contributed by atoms with Crippen molar-refractivity contribution in [2.45, 2.75) is 0 Å². The van der Waals surface area contributed by atoms with Crippen LogP contribution in [0.15, 0.2) is 10.9 Å². The highest BCUT2D eigenvalue weighted by Crippen LogP contribution is 2.24. The number of benzene rings is 1. The van der Waals surface area contributed by atoms with Crippen LogP contribution in [0.1, 0.15) is 10.4 Å². The molecular weight excluding hydrogens is 258 g/mol. The average Bonchev–Trinajstić information content (AvgIpc) is 2.29. The number of aromatic carboxylic acids is 1. The zero-order valence-corrected chi connectivity index (χ0v) is 8.35. The first-order chi connectivity index (χ1) is 8.34. The van der Waals surface area contributed by atoms with E-state index < -0.39 is 51.3 Å². The van der Waals surface area contributed by atoms with Crippen molar-refractivity contribution in [1.82, 2.24) is 4.98 Å². The summed E-state index contributed by atoms with van der Waals surface area (Å²) in [5, 5.41) is 7.94. The molecule has 2 aromatic rings. The van der Waals surface area contributed by atoms with Gasteiger partial charge in [-0.05, 0) is 6.07 Å². The minimum atomic E-state index is -1.89. The third-order valence-electron chi connectivity index (χ3n) is 2.30. The van der Waals surface area contributed by atoms with Crippen molar-refractivity contribution in [3.05, 3.63) is 45.3 Å². The summed E-state index contributed by atoms with van der Waals surface area (Å²) >= 11 is 0. The lowest BCUT2D eigenvalue weighted by atomic mass is 10.1. The van der Waals surface area contributed by atoms with Crippen molar-refractivity contribution in [3.63, 3.8) is 0 Å². The fourth-order valence-corrected chi connectivity index (χ4v) is 1.52. The number of fused-ring (bicyclic) bond motifs is 1. The molecule has 0 radical (unpaired) electrons. The number of carboxylic acids is 1. The molecule has 2 N–H and O–H groups in total. The first-order valence-corrected chi connectivity index (χ1v) is 4.47. The molecule has 0 unspecified atom stereocenters. The van der Waals surface area contributed by atoms with E-state index in [1.807, 2.05) is 0 Å². The Labute approximate surface area is 95.5 Å². The molecule has 0 aliphatic rings. The predicted molar refractivity (Wildman–Crippen MR) is 51.4 cm³/mol. The van der Waals surface area contributed by atoms with E-state index >= 15 is 0 Å². The minimum absolute atomic E-state index is 0.302. The van der Waals surface area contributed by atoms with Gasteiger partial charge >= 0.3 is 5.97 Å². The Kier molecular flexibility index (Phi) is 2.57. The van der Waals surface area contributed by atoms with Crippen molar-refractivity contribution in [2.24, 2.45) is 0 Å². The van der Waals surface area contributed by atoms with Crippen LogP contribution in [0.25, 0.3) is 10.9 Å². The van der Waals surface area contributed by atoms with Gasteiger partial charge in [0.1, 0.15) is 5.56 Å². The summed E-state index contributed by atoms with van der Waals surface area (Å²) in [6.45, 7) is 0. The normalized spacial score (nSPS) is 10.9. The van der Waals surface area contributed by atoms with E-state index in [1.54, 1.807) is 4.98 Å². The highest BCUT2D eigenvalue weighted by Gasteiger charge is 2.23. The molecule has 8 heteroatoms. The lowest BCUT2D eigenvalue weighted by Crippen LogP contribution is -2.18. The fraction of sp³-hybridized carbons (Fsp3) is 0. The molecule has 0 fully saturated rings. The van der Waals surface area contributed by atoms with E-state index in [4.69, 9.17) is 5.11 Å². The maximum atomic E-state index is 13.3. The number of rotatable bonds is 1. The molecule has 0 aliphatic carbocycles. The van der Waals surface area contributed by atoms with Crippen LogP contribution in [0, 0.1) is 23.3 Å². The highest BCUT2D eigenvalue weighted by molar-refractivity contribution is 6.02. The second-order valence-corrected chi connectivity index (χ2v) is 3.36. The van der Waals surface area contributed by atoms with Crippen LogP contribution >= 0.6 is 0 Å². The molecule has 1 heterocycles. The second-order valence-electron chi connectivity index (χ2n) is 3.36. The number of H-pyrrole nitrogens is 1. The van der Waals surface area contributed by atoms with Gasteiger partial charge in [-0.15, -0.1) is 0 Å². The van der Waals surface area contributed by atoms with Crippen LogP contribution < -0.4 is 5.56 Å². The summed E-state index contributed by atoms with van der Waals surface area (Å²) < 4.78 is 52.5. The first kappa shape index (κ1) is 12.1. The number of aromatic nitrogens is 1. The maximum Gasteiger partial charge on any atom is 0.339 e. The Hall–Kier alpha value is -2.38. The monoisotopic (exact) mass is 261 g/mol. The van der Waals surface area contributed by atoms with Crippen molar-refractivity contribution in [3.8, 4) is 0 Å². The molecule has 0 bridgehead atoms. The van der Waals surface area contributed by atoms with Gasteiger partial charge in [0.25, 0.3) is 5.56 Å². The molecule has 0 amide bonds. The summed E-state index contributed by atoms with van der Waals surface area (Å²) in [7, 11) is 0. The van der Waals surface area contributed by atoms with Crippen LogP contribution in [0.5, 0.6) is 0 Å². The average molecular weight is 261 g/mol. The maximum absolute atomic E-state index is 13.3. The van der Waals surface area contributed by atoms with Crippen molar-refractivity contribution >= 4 is 16.9 Å². The number of nitrogens with one attached hydrogen (secondary N) is 1. The zero-order valence-electron chi connectivity index (χ0n) is 8.35. The van der Waals surface area contributed by atoms with E-state index in [0.29, 0.717) is 6.07 Å². The van der Waals surface area contributed by atoms with Gasteiger partial charge in [0.2, 0.25) is 5.82 Å². The number of aromatic amines is 1. The largest absolute Gasteiger partial charge is 0.478 e. The van der Waals surface area contributed by atoms with Gasteiger partial charge in [0.15, 0.2) is 17.5 Å². The van der Waals surface area contributed by atoms with Crippen molar-refractivity contribution in [2.75, 3.05) is 0 Å².